The second-order valence-electron chi connectivity index (χ2n) is 3.94. The molecule has 2 N–H and O–H groups in total. The summed E-state index contributed by atoms with van der Waals surface area (Å²) in [5.41, 5.74) is 0.451. The minimum atomic E-state index is -3.75. The van der Waals surface area contributed by atoms with Crippen LogP contribution >= 0.6 is 0 Å². The van der Waals surface area contributed by atoms with Gasteiger partial charge in [0.15, 0.2) is 10.9 Å². The van der Waals surface area contributed by atoms with Gasteiger partial charge in [-0.25, -0.2) is 18.1 Å². The minimum absolute atomic E-state index is 0.0536. The molecule has 0 bridgehead atoms. The monoisotopic (exact) mass is 297 g/mol. The molecule has 0 spiro atoms. The Bertz CT molecular complexity index is 683. The van der Waals surface area contributed by atoms with Crippen molar-refractivity contribution in [3.63, 3.8) is 0 Å². The fourth-order valence-corrected chi connectivity index (χ4v) is 2.66. The third-order valence-electron chi connectivity index (χ3n) is 2.38. The van der Waals surface area contributed by atoms with Crippen molar-refractivity contribution in [3.05, 3.63) is 30.0 Å². The average Bonchev–Trinajstić information content (AvgIpc) is 2.83. The third-order valence-corrected chi connectivity index (χ3v) is 3.74. The topological polar surface area (TPSA) is 110 Å². The Balaban J connectivity index is 2.18. The molecule has 2 aromatic rings. The molecule has 0 atom stereocenters. The van der Waals surface area contributed by atoms with Crippen molar-refractivity contribution in [1.29, 1.82) is 0 Å². The van der Waals surface area contributed by atoms with Crippen molar-refractivity contribution in [3.8, 4) is 0 Å². The largest absolute Gasteiger partial charge is 0.383 e. The Labute approximate surface area is 116 Å². The van der Waals surface area contributed by atoms with Gasteiger partial charge < -0.3 is 9.84 Å². The maximum atomic E-state index is 12.2. The lowest BCUT2D eigenvalue weighted by atomic mass is 10.4. The standard InChI is InChI=1S/C11H15N5O3S/c1-3-12-9-5-4-6-13-11(9)20(17,18)14-7-10-15-8(2)19-16-10/h4-6,12,14H,3,7H2,1-2H3. The molecule has 0 amide bonds. The van der Waals surface area contributed by atoms with E-state index in [1.165, 1.54) is 6.20 Å². The third kappa shape index (κ3) is 3.31. The van der Waals surface area contributed by atoms with Crippen LogP contribution < -0.4 is 10.0 Å². The van der Waals surface area contributed by atoms with Crippen molar-refractivity contribution >= 4 is 15.7 Å². The van der Waals surface area contributed by atoms with E-state index in [-0.39, 0.29) is 17.4 Å². The van der Waals surface area contributed by atoms with Crippen LogP contribution in [0.15, 0.2) is 27.9 Å². The van der Waals surface area contributed by atoms with E-state index >= 15 is 0 Å². The molecular formula is C11H15N5O3S. The van der Waals surface area contributed by atoms with E-state index in [4.69, 9.17) is 4.52 Å². The van der Waals surface area contributed by atoms with Crippen molar-refractivity contribution < 1.29 is 12.9 Å². The normalized spacial score (nSPS) is 11.5. The van der Waals surface area contributed by atoms with E-state index in [0.29, 0.717) is 18.1 Å². The van der Waals surface area contributed by atoms with Gasteiger partial charge in [-0.3, -0.25) is 0 Å². The Hall–Kier alpha value is -2.00. The number of sulfonamides is 1. The lowest BCUT2D eigenvalue weighted by molar-refractivity contribution is 0.387. The minimum Gasteiger partial charge on any atom is -0.383 e. The predicted molar refractivity (Wildman–Crippen MR) is 71.5 cm³/mol. The highest BCUT2D eigenvalue weighted by atomic mass is 32.2. The maximum absolute atomic E-state index is 12.2. The second kappa shape index (κ2) is 5.97. The molecule has 0 radical (unpaired) electrons. The first-order valence-corrected chi connectivity index (χ1v) is 7.49. The second-order valence-corrected chi connectivity index (χ2v) is 5.62. The summed E-state index contributed by atoms with van der Waals surface area (Å²) in [5.74, 6) is 0.650. The van der Waals surface area contributed by atoms with Crippen LogP contribution in [-0.2, 0) is 16.6 Å². The molecule has 2 rings (SSSR count). The van der Waals surface area contributed by atoms with Gasteiger partial charge in [-0.05, 0) is 19.1 Å². The lowest BCUT2D eigenvalue weighted by Gasteiger charge is -2.10. The first-order chi connectivity index (χ1) is 9.53. The van der Waals surface area contributed by atoms with Gasteiger partial charge in [0.2, 0.25) is 5.89 Å². The van der Waals surface area contributed by atoms with Gasteiger partial charge in [-0.15, -0.1) is 0 Å². The number of nitrogens with one attached hydrogen (secondary N) is 2. The molecule has 0 aliphatic heterocycles. The average molecular weight is 297 g/mol. The molecule has 2 aromatic heterocycles. The van der Waals surface area contributed by atoms with Crippen LogP contribution in [0.2, 0.25) is 0 Å². The fraction of sp³-hybridized carbons (Fsp3) is 0.364. The van der Waals surface area contributed by atoms with Crippen molar-refractivity contribution in [2.45, 2.75) is 25.4 Å². The van der Waals surface area contributed by atoms with Gasteiger partial charge in [0.25, 0.3) is 10.0 Å². The molecule has 0 aromatic carbocycles. The Morgan fingerprint density at radius 3 is 2.85 bits per heavy atom. The van der Waals surface area contributed by atoms with E-state index < -0.39 is 10.0 Å². The van der Waals surface area contributed by atoms with Gasteiger partial charge in [0.1, 0.15) is 0 Å². The first-order valence-electron chi connectivity index (χ1n) is 6.00. The Morgan fingerprint density at radius 2 is 2.20 bits per heavy atom. The number of aromatic nitrogens is 3. The lowest BCUT2D eigenvalue weighted by Crippen LogP contribution is -2.25. The molecule has 8 nitrogen and oxygen atoms in total. The number of aryl methyl sites for hydroxylation is 1. The van der Waals surface area contributed by atoms with Crippen LogP contribution in [0.4, 0.5) is 5.69 Å². The Kier molecular flexibility index (Phi) is 4.30. The van der Waals surface area contributed by atoms with E-state index in [0.717, 1.165) is 0 Å². The molecule has 0 unspecified atom stereocenters. The van der Waals surface area contributed by atoms with E-state index in [2.05, 4.69) is 25.2 Å². The summed E-state index contributed by atoms with van der Waals surface area (Å²) in [7, 11) is -3.75. The molecule has 0 fully saturated rings. The molecule has 9 heteroatoms. The number of nitrogens with zero attached hydrogens (tertiary/aromatic N) is 3. The summed E-state index contributed by atoms with van der Waals surface area (Å²) in [4.78, 5) is 7.83. The first kappa shape index (κ1) is 14.4. The summed E-state index contributed by atoms with van der Waals surface area (Å²) >= 11 is 0. The summed E-state index contributed by atoms with van der Waals surface area (Å²) in [6.45, 7) is 4.05. The molecule has 108 valence electrons. The molecule has 0 aliphatic carbocycles. The Morgan fingerprint density at radius 1 is 1.40 bits per heavy atom. The van der Waals surface area contributed by atoms with Crippen LogP contribution in [0.25, 0.3) is 0 Å². The highest BCUT2D eigenvalue weighted by Gasteiger charge is 2.20. The molecule has 2 heterocycles. The van der Waals surface area contributed by atoms with Crippen LogP contribution in [0.3, 0.4) is 0 Å². The maximum Gasteiger partial charge on any atom is 0.260 e. The predicted octanol–water partition coefficient (Wildman–Crippen LogP) is 0.683. The number of anilines is 1. The zero-order chi connectivity index (χ0) is 14.6. The van der Waals surface area contributed by atoms with E-state index in [9.17, 15) is 8.42 Å². The zero-order valence-corrected chi connectivity index (χ0v) is 11.9. The van der Waals surface area contributed by atoms with E-state index in [1.807, 2.05) is 6.92 Å². The SMILES string of the molecule is CCNc1cccnc1S(=O)(=O)NCc1noc(C)n1. The zero-order valence-electron chi connectivity index (χ0n) is 11.1. The number of pyridine rings is 1. The van der Waals surface area contributed by atoms with Gasteiger partial charge in [0.05, 0.1) is 12.2 Å². The van der Waals surface area contributed by atoms with Gasteiger partial charge in [0, 0.05) is 19.7 Å². The molecule has 20 heavy (non-hydrogen) atoms. The van der Waals surface area contributed by atoms with Crippen LogP contribution in [0.5, 0.6) is 0 Å². The fourth-order valence-electron chi connectivity index (χ4n) is 1.57. The van der Waals surface area contributed by atoms with Crippen LogP contribution in [-0.4, -0.2) is 30.1 Å². The van der Waals surface area contributed by atoms with Crippen molar-refractivity contribution in [1.82, 2.24) is 19.8 Å². The van der Waals surface area contributed by atoms with Crippen LogP contribution in [0, 0.1) is 6.92 Å². The van der Waals surface area contributed by atoms with Gasteiger partial charge in [-0.1, -0.05) is 5.16 Å². The summed E-state index contributed by atoms with van der Waals surface area (Å²) in [5, 5.41) is 6.52. The number of hydrogen-bond donors (Lipinski definition) is 2. The highest BCUT2D eigenvalue weighted by molar-refractivity contribution is 7.89. The molecule has 0 aliphatic rings. The van der Waals surface area contributed by atoms with Gasteiger partial charge >= 0.3 is 0 Å². The highest BCUT2D eigenvalue weighted by Crippen LogP contribution is 2.17. The number of rotatable bonds is 6. The van der Waals surface area contributed by atoms with Gasteiger partial charge in [-0.2, -0.15) is 4.98 Å². The molecule has 0 saturated carbocycles. The quantitative estimate of drug-likeness (QED) is 0.806. The molecule has 0 saturated heterocycles. The summed E-state index contributed by atoms with van der Waals surface area (Å²) in [6.07, 6.45) is 1.42. The van der Waals surface area contributed by atoms with Crippen molar-refractivity contribution in [2.75, 3.05) is 11.9 Å². The number of hydrogen-bond acceptors (Lipinski definition) is 7. The molecular weight excluding hydrogens is 282 g/mol. The summed E-state index contributed by atoms with van der Waals surface area (Å²) in [6, 6.07) is 3.32. The van der Waals surface area contributed by atoms with Crippen LogP contribution in [0.1, 0.15) is 18.6 Å². The smallest absolute Gasteiger partial charge is 0.260 e. The van der Waals surface area contributed by atoms with E-state index in [1.54, 1.807) is 19.1 Å². The van der Waals surface area contributed by atoms with Crippen molar-refractivity contribution in [2.24, 2.45) is 0 Å². The summed E-state index contributed by atoms with van der Waals surface area (Å²) < 4.78 is 31.6.